The van der Waals surface area contributed by atoms with Gasteiger partial charge in [-0.3, -0.25) is 4.79 Å². The zero-order valence-electron chi connectivity index (χ0n) is 11.8. The van der Waals surface area contributed by atoms with E-state index in [1.165, 1.54) is 19.8 Å². The van der Waals surface area contributed by atoms with Crippen LogP contribution in [0.3, 0.4) is 0 Å². The quantitative estimate of drug-likeness (QED) is 0.726. The van der Waals surface area contributed by atoms with Gasteiger partial charge in [0.1, 0.15) is 6.10 Å². The van der Waals surface area contributed by atoms with Crippen LogP contribution >= 0.6 is 0 Å². The molecule has 104 valence electrons. The summed E-state index contributed by atoms with van der Waals surface area (Å²) in [5.41, 5.74) is 0.333. The third kappa shape index (κ3) is 5.07. The summed E-state index contributed by atoms with van der Waals surface area (Å²) in [5.74, 6) is -0.505. The lowest BCUT2D eigenvalue weighted by Gasteiger charge is -2.37. The molecule has 1 aliphatic rings. The van der Waals surface area contributed by atoms with E-state index in [1.807, 2.05) is 6.92 Å². The summed E-state index contributed by atoms with van der Waals surface area (Å²) >= 11 is 0. The normalized spacial score (nSPS) is 24.1. The summed E-state index contributed by atoms with van der Waals surface area (Å²) in [4.78, 5) is 22.1. The maximum absolute atomic E-state index is 11.5. The van der Waals surface area contributed by atoms with Crippen LogP contribution in [0.1, 0.15) is 53.4 Å². The largest absolute Gasteiger partial charge is 0.460 e. The number of carbonyl (C=O) groups is 2. The Labute approximate surface area is 109 Å². The fourth-order valence-corrected chi connectivity index (χ4v) is 2.66. The number of rotatable bonds is 4. The Morgan fingerprint density at radius 2 is 2.06 bits per heavy atom. The number of hydrogen-bond donors (Lipinski definition) is 0. The van der Waals surface area contributed by atoms with Gasteiger partial charge in [0.25, 0.3) is 0 Å². The highest BCUT2D eigenvalue weighted by atomic mass is 16.6. The van der Waals surface area contributed by atoms with Gasteiger partial charge in [0.05, 0.1) is 0 Å². The number of ether oxygens (including phenoxy) is 2. The van der Waals surface area contributed by atoms with Crippen LogP contribution in [0.5, 0.6) is 0 Å². The van der Waals surface area contributed by atoms with E-state index in [1.54, 1.807) is 0 Å². The van der Waals surface area contributed by atoms with Crippen LogP contribution in [-0.4, -0.2) is 24.6 Å². The molecule has 4 nitrogen and oxygen atoms in total. The van der Waals surface area contributed by atoms with Gasteiger partial charge in [0.2, 0.25) is 0 Å². The fraction of sp³-hybridized carbons (Fsp3) is 0.857. The minimum atomic E-state index is -0.460. The van der Waals surface area contributed by atoms with Crippen molar-refractivity contribution in [3.8, 4) is 0 Å². The fourth-order valence-electron chi connectivity index (χ4n) is 2.66. The molecule has 0 amide bonds. The molecule has 0 aromatic heterocycles. The van der Waals surface area contributed by atoms with E-state index in [9.17, 15) is 9.59 Å². The summed E-state index contributed by atoms with van der Waals surface area (Å²) in [6, 6.07) is 0. The minimum absolute atomic E-state index is 0.104. The molecular formula is C14H24O4. The average molecular weight is 256 g/mol. The summed E-state index contributed by atoms with van der Waals surface area (Å²) in [6.45, 7) is 7.44. The van der Waals surface area contributed by atoms with Gasteiger partial charge in [0, 0.05) is 6.92 Å². The smallest absolute Gasteiger partial charge is 0.344 e. The van der Waals surface area contributed by atoms with Gasteiger partial charge < -0.3 is 9.47 Å². The molecule has 0 aromatic carbocycles. The van der Waals surface area contributed by atoms with Crippen molar-refractivity contribution in [1.82, 2.24) is 0 Å². The summed E-state index contributed by atoms with van der Waals surface area (Å²) in [7, 11) is 0. The van der Waals surface area contributed by atoms with Crippen molar-refractivity contribution in [3.63, 3.8) is 0 Å². The first-order valence-corrected chi connectivity index (χ1v) is 6.63. The number of esters is 2. The van der Waals surface area contributed by atoms with Gasteiger partial charge in [-0.15, -0.1) is 0 Å². The first-order valence-electron chi connectivity index (χ1n) is 6.63. The summed E-state index contributed by atoms with van der Waals surface area (Å²) in [5, 5.41) is 0. The lowest BCUT2D eigenvalue weighted by atomic mass is 9.71. The third-order valence-corrected chi connectivity index (χ3v) is 3.62. The van der Waals surface area contributed by atoms with E-state index in [4.69, 9.17) is 4.74 Å². The van der Waals surface area contributed by atoms with Crippen LogP contribution in [0, 0.1) is 11.3 Å². The van der Waals surface area contributed by atoms with E-state index < -0.39 is 11.9 Å². The molecule has 1 fully saturated rings. The number of carbonyl (C=O) groups excluding carboxylic acids is 2. The number of hydrogen-bond acceptors (Lipinski definition) is 4. The van der Waals surface area contributed by atoms with E-state index >= 15 is 0 Å². The molecule has 0 saturated heterocycles. The standard InChI is InChI=1S/C14H24O4/c1-10(18-13(16)9-17-11(2)15)12-6-5-7-14(3,4)8-12/h10,12H,5-9H2,1-4H3/t10?,12-/m1/s1. The molecular weight excluding hydrogens is 232 g/mol. The Balaban J connectivity index is 2.37. The molecule has 0 radical (unpaired) electrons. The lowest BCUT2D eigenvalue weighted by Crippen LogP contribution is -2.33. The molecule has 1 unspecified atom stereocenters. The SMILES string of the molecule is CC(=O)OCC(=O)OC(C)[C@@H]1CCCC(C)(C)C1. The molecule has 0 bridgehead atoms. The van der Waals surface area contributed by atoms with Crippen molar-refractivity contribution in [2.75, 3.05) is 6.61 Å². The molecule has 0 aliphatic heterocycles. The average Bonchev–Trinajstić information content (AvgIpc) is 2.25. The molecule has 0 heterocycles. The van der Waals surface area contributed by atoms with Gasteiger partial charge in [-0.2, -0.15) is 0 Å². The molecule has 2 atom stereocenters. The third-order valence-electron chi connectivity index (χ3n) is 3.62. The topological polar surface area (TPSA) is 52.6 Å². The van der Waals surface area contributed by atoms with Crippen LogP contribution in [0.25, 0.3) is 0 Å². The predicted octanol–water partition coefficient (Wildman–Crippen LogP) is 2.70. The molecule has 0 spiro atoms. The zero-order chi connectivity index (χ0) is 13.8. The highest BCUT2D eigenvalue weighted by molar-refractivity contribution is 5.75. The van der Waals surface area contributed by atoms with Crippen LogP contribution in [-0.2, 0) is 19.1 Å². The molecule has 4 heteroatoms. The molecule has 1 rings (SSSR count). The highest BCUT2D eigenvalue weighted by Gasteiger charge is 2.32. The maximum Gasteiger partial charge on any atom is 0.344 e. The Hall–Kier alpha value is -1.06. The molecule has 0 aromatic rings. The van der Waals surface area contributed by atoms with Crippen molar-refractivity contribution >= 4 is 11.9 Å². The van der Waals surface area contributed by atoms with Crippen molar-refractivity contribution in [3.05, 3.63) is 0 Å². The maximum atomic E-state index is 11.5. The van der Waals surface area contributed by atoms with Crippen molar-refractivity contribution < 1.29 is 19.1 Å². The monoisotopic (exact) mass is 256 g/mol. The van der Waals surface area contributed by atoms with Crippen LogP contribution in [0.4, 0.5) is 0 Å². The Bertz CT molecular complexity index is 309. The minimum Gasteiger partial charge on any atom is -0.460 e. The Morgan fingerprint density at radius 1 is 1.39 bits per heavy atom. The van der Waals surface area contributed by atoms with Crippen LogP contribution in [0.2, 0.25) is 0 Å². The summed E-state index contributed by atoms with van der Waals surface area (Å²) < 4.78 is 9.94. The van der Waals surface area contributed by atoms with Crippen molar-refractivity contribution in [2.24, 2.45) is 11.3 Å². The van der Waals surface area contributed by atoms with E-state index in [0.29, 0.717) is 11.3 Å². The molecule has 1 aliphatic carbocycles. The van der Waals surface area contributed by atoms with Gasteiger partial charge in [-0.25, -0.2) is 4.79 Å². The van der Waals surface area contributed by atoms with Crippen LogP contribution in [0.15, 0.2) is 0 Å². The van der Waals surface area contributed by atoms with Gasteiger partial charge in [-0.05, 0) is 37.5 Å². The zero-order valence-corrected chi connectivity index (χ0v) is 11.8. The van der Waals surface area contributed by atoms with Crippen molar-refractivity contribution in [1.29, 1.82) is 0 Å². The highest BCUT2D eigenvalue weighted by Crippen LogP contribution is 2.40. The lowest BCUT2D eigenvalue weighted by molar-refractivity contribution is -0.163. The molecule has 18 heavy (non-hydrogen) atoms. The Morgan fingerprint density at radius 3 is 2.61 bits per heavy atom. The second-order valence-electron chi connectivity index (χ2n) is 6.00. The van der Waals surface area contributed by atoms with Gasteiger partial charge in [0.15, 0.2) is 6.61 Å². The van der Waals surface area contributed by atoms with Gasteiger partial charge in [-0.1, -0.05) is 20.3 Å². The van der Waals surface area contributed by atoms with Crippen molar-refractivity contribution in [2.45, 2.75) is 59.5 Å². The molecule has 1 saturated carbocycles. The predicted molar refractivity (Wildman–Crippen MR) is 67.9 cm³/mol. The Kier molecular flexibility index (Phi) is 5.17. The summed E-state index contributed by atoms with van der Waals surface area (Å²) in [6.07, 6.45) is 4.49. The van der Waals surface area contributed by atoms with E-state index in [0.717, 1.165) is 12.8 Å². The first kappa shape index (κ1) is 15.0. The second kappa shape index (κ2) is 6.21. The molecule has 0 N–H and O–H groups in total. The van der Waals surface area contributed by atoms with Crippen LogP contribution < -0.4 is 0 Å². The van der Waals surface area contributed by atoms with Gasteiger partial charge >= 0.3 is 11.9 Å². The second-order valence-corrected chi connectivity index (χ2v) is 6.00. The first-order chi connectivity index (χ1) is 8.30. The van der Waals surface area contributed by atoms with E-state index in [2.05, 4.69) is 18.6 Å². The van der Waals surface area contributed by atoms with E-state index in [-0.39, 0.29) is 12.7 Å².